The van der Waals surface area contributed by atoms with Crippen LogP contribution in [0.25, 0.3) is 66.1 Å². The van der Waals surface area contributed by atoms with E-state index >= 15 is 0 Å². The number of nitrogens with zero attached hydrogens (tertiary/aromatic N) is 4. The number of hydrogen-bond acceptors (Lipinski definition) is 2. The molecule has 0 aliphatic carbocycles. The molecule has 0 unspecified atom stereocenters. The maximum Gasteiger partial charge on any atom is 0.179 e. The van der Waals surface area contributed by atoms with Gasteiger partial charge in [-0.15, -0.1) is 0 Å². The van der Waals surface area contributed by atoms with Crippen LogP contribution in [0.2, 0.25) is 0 Å². The van der Waals surface area contributed by atoms with Crippen molar-refractivity contribution in [2.75, 3.05) is 0 Å². The molecule has 11 aromatic rings. The summed E-state index contributed by atoms with van der Waals surface area (Å²) >= 11 is 0. The lowest BCUT2D eigenvalue weighted by Gasteiger charge is -2.34. The Balaban J connectivity index is 1.12. The molecule has 0 bridgehead atoms. The molecule has 0 N–H and O–H groups in total. The van der Waals surface area contributed by atoms with Gasteiger partial charge in [-0.3, -0.25) is 0 Å². The second-order valence-corrected chi connectivity index (χ2v) is 19.3. The maximum atomic E-state index is 10.1. The van der Waals surface area contributed by atoms with Gasteiger partial charge in [0.15, 0.2) is 8.07 Å². The molecule has 0 amide bonds. The van der Waals surface area contributed by atoms with Crippen molar-refractivity contribution in [1.82, 2.24) is 9.13 Å². The molecule has 0 radical (unpaired) electrons. The van der Waals surface area contributed by atoms with E-state index in [0.717, 1.165) is 60.7 Å². The highest BCUT2D eigenvalue weighted by molar-refractivity contribution is 7.19. The van der Waals surface area contributed by atoms with Gasteiger partial charge < -0.3 is 9.13 Å². The first-order valence-electron chi connectivity index (χ1n) is 20.5. The third kappa shape index (κ3) is 5.64. The lowest BCUT2D eigenvalue weighted by atomic mass is 9.99. The van der Waals surface area contributed by atoms with Crippen LogP contribution in [0.15, 0.2) is 218 Å². The first kappa shape index (κ1) is 35.9. The highest BCUT2D eigenvalue weighted by Gasteiger charge is 2.41. The van der Waals surface area contributed by atoms with E-state index in [1.807, 2.05) is 36.4 Å². The third-order valence-corrected chi connectivity index (χ3v) is 17.1. The largest absolute Gasteiger partial charge is 0.309 e. The van der Waals surface area contributed by atoms with Gasteiger partial charge in [-0.1, -0.05) is 146 Å². The Morgan fingerprint density at radius 3 is 1.44 bits per heavy atom. The Labute approximate surface area is 354 Å². The Kier molecular flexibility index (Phi) is 8.57. The normalized spacial score (nSPS) is 11.6. The molecule has 0 atom stereocenters. The molecule has 2 heterocycles. The van der Waals surface area contributed by atoms with Gasteiger partial charge in [-0.25, -0.2) is 0 Å². The summed E-state index contributed by atoms with van der Waals surface area (Å²) in [6.07, 6.45) is 0. The van der Waals surface area contributed by atoms with Crippen molar-refractivity contribution < 1.29 is 0 Å². The van der Waals surface area contributed by atoms with Crippen molar-refractivity contribution in [2.45, 2.75) is 0 Å². The van der Waals surface area contributed by atoms with E-state index in [0.29, 0.717) is 11.1 Å². The zero-order chi connectivity index (χ0) is 40.9. The van der Waals surface area contributed by atoms with Gasteiger partial charge in [0.25, 0.3) is 0 Å². The summed E-state index contributed by atoms with van der Waals surface area (Å²) in [6, 6.07) is 82.5. The van der Waals surface area contributed by atoms with Crippen molar-refractivity contribution in [3.05, 3.63) is 230 Å². The summed E-state index contributed by atoms with van der Waals surface area (Å²) in [5.74, 6) is 0. The van der Waals surface area contributed by atoms with Gasteiger partial charge in [-0.05, 0) is 99.1 Å². The van der Waals surface area contributed by atoms with Gasteiger partial charge in [-0.2, -0.15) is 10.5 Å². The molecular weight excluding hydrogens is 757 g/mol. The molecule has 4 nitrogen and oxygen atoms in total. The van der Waals surface area contributed by atoms with Crippen molar-refractivity contribution in [3.8, 4) is 34.6 Å². The molecule has 61 heavy (non-hydrogen) atoms. The third-order valence-electron chi connectivity index (χ3n) is 12.3. The van der Waals surface area contributed by atoms with Gasteiger partial charge in [0.2, 0.25) is 0 Å². The van der Waals surface area contributed by atoms with E-state index in [2.05, 4.69) is 203 Å². The molecule has 11 rings (SSSR count). The lowest BCUT2D eigenvalue weighted by Crippen LogP contribution is -2.74. The number of hydrogen-bond donors (Lipinski definition) is 0. The van der Waals surface area contributed by atoms with E-state index in [4.69, 9.17) is 0 Å². The number of benzene rings is 9. The van der Waals surface area contributed by atoms with Crippen molar-refractivity contribution in [2.24, 2.45) is 0 Å². The minimum absolute atomic E-state index is 0.625. The van der Waals surface area contributed by atoms with Gasteiger partial charge >= 0.3 is 0 Å². The van der Waals surface area contributed by atoms with E-state index in [9.17, 15) is 10.5 Å². The van der Waals surface area contributed by atoms with Crippen LogP contribution in [-0.4, -0.2) is 17.2 Å². The fourth-order valence-corrected chi connectivity index (χ4v) is 14.4. The van der Waals surface area contributed by atoms with E-state index in [1.54, 1.807) is 0 Å². The van der Waals surface area contributed by atoms with Crippen LogP contribution in [0.5, 0.6) is 0 Å². The summed E-state index contributed by atoms with van der Waals surface area (Å²) in [7, 11) is -2.70. The lowest BCUT2D eigenvalue weighted by molar-refractivity contribution is 1.18. The molecule has 0 aliphatic rings. The van der Waals surface area contributed by atoms with Crippen molar-refractivity contribution in [3.63, 3.8) is 0 Å². The maximum absolute atomic E-state index is 10.1. The van der Waals surface area contributed by atoms with E-state index in [1.165, 1.54) is 26.1 Å². The average Bonchev–Trinajstić information content (AvgIpc) is 3.85. The van der Waals surface area contributed by atoms with E-state index in [-0.39, 0.29) is 0 Å². The molecule has 9 aromatic carbocycles. The van der Waals surface area contributed by atoms with Crippen LogP contribution in [0.4, 0.5) is 0 Å². The molecule has 0 saturated heterocycles. The zero-order valence-electron chi connectivity index (χ0n) is 33.1. The minimum Gasteiger partial charge on any atom is -0.309 e. The predicted octanol–water partition coefficient (Wildman–Crippen LogP) is 10.7. The number of rotatable bonds is 7. The summed E-state index contributed by atoms with van der Waals surface area (Å²) in [6.45, 7) is 0. The quantitative estimate of drug-likeness (QED) is 0.119. The minimum atomic E-state index is -2.70. The van der Waals surface area contributed by atoms with Crippen LogP contribution in [0.3, 0.4) is 0 Å². The average molecular weight is 793 g/mol. The van der Waals surface area contributed by atoms with Gasteiger partial charge in [0, 0.05) is 38.5 Å². The van der Waals surface area contributed by atoms with Crippen molar-refractivity contribution in [1.29, 1.82) is 10.5 Å². The Hall–Kier alpha value is -8.22. The van der Waals surface area contributed by atoms with Gasteiger partial charge in [0.1, 0.15) is 0 Å². The molecule has 0 spiro atoms. The highest BCUT2D eigenvalue weighted by atomic mass is 28.3. The second-order valence-electron chi connectivity index (χ2n) is 15.5. The first-order valence-corrected chi connectivity index (χ1v) is 22.5. The summed E-state index contributed by atoms with van der Waals surface area (Å²) in [5.41, 5.74) is 9.81. The Morgan fingerprint density at radius 2 is 0.820 bits per heavy atom. The van der Waals surface area contributed by atoms with Crippen LogP contribution in [0.1, 0.15) is 11.1 Å². The number of fused-ring (bicyclic) bond motifs is 6. The SMILES string of the molecule is N#Cc1ccc(-n2c3ccccc3c3cccc(-c4ccc5c(c4)c4cc(C#N)ccc4n5-c4ccc([Si](c5ccccc5)(c5ccccc5)c5ccccc5)cc4)c32)cc1. The van der Waals surface area contributed by atoms with Crippen LogP contribution >= 0.6 is 0 Å². The Morgan fingerprint density at radius 1 is 0.344 bits per heavy atom. The van der Waals surface area contributed by atoms with Crippen molar-refractivity contribution >= 4 is 72.4 Å². The summed E-state index contributed by atoms with van der Waals surface area (Å²) < 4.78 is 4.65. The fraction of sp³-hybridized carbons (Fsp3) is 0. The molecule has 0 fully saturated rings. The fourth-order valence-electron chi connectivity index (χ4n) is 9.67. The monoisotopic (exact) mass is 792 g/mol. The smallest absolute Gasteiger partial charge is 0.179 e. The molecule has 2 aromatic heterocycles. The van der Waals surface area contributed by atoms with Crippen LogP contribution in [0, 0.1) is 22.7 Å². The molecular formula is C56H36N4Si. The van der Waals surface area contributed by atoms with Gasteiger partial charge in [0.05, 0.1) is 45.3 Å². The second kappa shape index (κ2) is 14.6. The zero-order valence-corrected chi connectivity index (χ0v) is 34.1. The summed E-state index contributed by atoms with van der Waals surface area (Å²) in [5, 5.41) is 29.4. The number of para-hydroxylation sites is 2. The Bertz CT molecular complexity index is 3420. The topological polar surface area (TPSA) is 57.4 Å². The van der Waals surface area contributed by atoms with Crippen LogP contribution in [-0.2, 0) is 0 Å². The highest BCUT2D eigenvalue weighted by Crippen LogP contribution is 2.41. The predicted molar refractivity (Wildman–Crippen MR) is 254 cm³/mol. The summed E-state index contributed by atoms with van der Waals surface area (Å²) in [4.78, 5) is 0. The molecule has 284 valence electrons. The van der Waals surface area contributed by atoms with Crippen LogP contribution < -0.4 is 20.7 Å². The molecule has 0 aliphatic heterocycles. The number of aromatic nitrogens is 2. The molecule has 5 heteroatoms. The van der Waals surface area contributed by atoms with E-state index < -0.39 is 8.07 Å². The number of nitriles is 2. The molecule has 0 saturated carbocycles. The first-order chi connectivity index (χ1) is 30.2. The standard InChI is InChI=1S/C56H36N4Si/c57-37-39-23-27-43(28-24-39)60-53-22-11-10-19-49(53)50-21-12-20-48(56(50)60)41-26-34-55-52(36-41)51-35-40(38-58)25-33-54(51)59(55)42-29-31-47(32-30-42)61(44-13-4-1-5-14-44,45-15-6-2-7-16-45)46-17-8-3-9-18-46/h1-36H.